The normalized spacial score (nSPS) is 55.8. The van der Waals surface area contributed by atoms with E-state index < -0.39 is 0 Å². The van der Waals surface area contributed by atoms with Gasteiger partial charge in [0.1, 0.15) is 0 Å². The van der Waals surface area contributed by atoms with Crippen molar-refractivity contribution in [1.29, 1.82) is 0 Å². The summed E-state index contributed by atoms with van der Waals surface area (Å²) in [4.78, 5) is 11.0. The molecule has 1 amide bonds. The molecule has 3 rings (SSSR count). The van der Waals surface area contributed by atoms with Gasteiger partial charge in [0.15, 0.2) is 0 Å². The molecule has 2 saturated carbocycles. The molecule has 2 bridgehead atoms. The number of amides is 1. The van der Waals surface area contributed by atoms with Crippen LogP contribution in [0.4, 0.5) is 0 Å². The second kappa shape index (κ2) is 1.39. The van der Waals surface area contributed by atoms with Crippen LogP contribution in [0.15, 0.2) is 0 Å². The van der Waals surface area contributed by atoms with Gasteiger partial charge in [-0.1, -0.05) is 0 Å². The minimum absolute atomic E-state index is 0.331. The minimum atomic E-state index is 0.331. The van der Waals surface area contributed by atoms with Crippen LogP contribution in [0, 0.1) is 17.8 Å². The Bertz CT molecular complexity index is 199. The lowest BCUT2D eigenvalue weighted by Crippen LogP contribution is -2.60. The van der Waals surface area contributed by atoms with Crippen molar-refractivity contribution in [3.05, 3.63) is 0 Å². The topological polar surface area (TPSA) is 29.1 Å². The molecule has 1 saturated heterocycles. The predicted octanol–water partition coefficient (Wildman–Crippen LogP) is 0.531. The summed E-state index contributed by atoms with van der Waals surface area (Å²) in [5, 5.41) is 3.00. The molecule has 0 aromatic heterocycles. The van der Waals surface area contributed by atoms with Crippen LogP contribution in [0.1, 0.15) is 19.3 Å². The summed E-state index contributed by atoms with van der Waals surface area (Å²) in [6.07, 6.45) is 4.01. The van der Waals surface area contributed by atoms with Crippen LogP contribution in [-0.2, 0) is 4.79 Å². The highest BCUT2D eigenvalue weighted by Gasteiger charge is 2.57. The predicted molar refractivity (Wildman–Crippen MR) is 36.3 cm³/mol. The van der Waals surface area contributed by atoms with Crippen molar-refractivity contribution >= 4 is 5.91 Å². The Kier molecular flexibility index (Phi) is 0.715. The van der Waals surface area contributed by atoms with Gasteiger partial charge < -0.3 is 5.32 Å². The molecule has 4 atom stereocenters. The van der Waals surface area contributed by atoms with Gasteiger partial charge in [0, 0.05) is 6.04 Å². The summed E-state index contributed by atoms with van der Waals surface area (Å²) in [5.74, 6) is 2.40. The van der Waals surface area contributed by atoms with E-state index in [9.17, 15) is 4.79 Å². The molecule has 2 heteroatoms. The van der Waals surface area contributed by atoms with Crippen LogP contribution in [-0.4, -0.2) is 11.9 Å². The van der Waals surface area contributed by atoms with Crippen molar-refractivity contribution < 1.29 is 4.79 Å². The summed E-state index contributed by atoms with van der Waals surface area (Å²) in [6.45, 7) is 0. The monoisotopic (exact) mass is 137 g/mol. The van der Waals surface area contributed by atoms with Crippen LogP contribution >= 0.6 is 0 Å². The maximum atomic E-state index is 11.0. The fourth-order valence-corrected chi connectivity index (χ4v) is 3.04. The molecule has 10 heavy (non-hydrogen) atoms. The first-order chi connectivity index (χ1) is 4.86. The highest BCUT2D eigenvalue weighted by molar-refractivity contribution is 5.87. The zero-order chi connectivity index (χ0) is 6.72. The molecule has 3 aliphatic rings. The van der Waals surface area contributed by atoms with E-state index in [1.54, 1.807) is 0 Å². The molecule has 0 aromatic rings. The second-order valence-electron chi connectivity index (χ2n) is 3.89. The smallest absolute Gasteiger partial charge is 0.225 e. The maximum Gasteiger partial charge on any atom is 0.225 e. The lowest BCUT2D eigenvalue weighted by molar-refractivity contribution is -0.137. The quantitative estimate of drug-likeness (QED) is 0.485. The van der Waals surface area contributed by atoms with Crippen LogP contribution in [0.3, 0.4) is 0 Å². The largest absolute Gasteiger partial charge is 0.352 e. The molecule has 0 radical (unpaired) electrons. The maximum absolute atomic E-state index is 11.0. The highest BCUT2D eigenvalue weighted by Crippen LogP contribution is 2.51. The Hall–Kier alpha value is -0.530. The number of rotatable bonds is 0. The molecule has 54 valence electrons. The van der Waals surface area contributed by atoms with E-state index in [1.165, 1.54) is 19.3 Å². The van der Waals surface area contributed by atoms with Crippen LogP contribution < -0.4 is 5.32 Å². The van der Waals surface area contributed by atoms with Crippen LogP contribution in [0.2, 0.25) is 0 Å². The van der Waals surface area contributed by atoms with Gasteiger partial charge >= 0.3 is 0 Å². The van der Waals surface area contributed by atoms with Crippen molar-refractivity contribution in [1.82, 2.24) is 5.32 Å². The van der Waals surface area contributed by atoms with Gasteiger partial charge in [0.2, 0.25) is 5.91 Å². The van der Waals surface area contributed by atoms with E-state index in [0.29, 0.717) is 17.9 Å². The molecule has 1 heterocycles. The van der Waals surface area contributed by atoms with E-state index in [1.807, 2.05) is 0 Å². The van der Waals surface area contributed by atoms with E-state index in [0.717, 1.165) is 11.8 Å². The van der Waals surface area contributed by atoms with Gasteiger partial charge in [-0.3, -0.25) is 4.79 Å². The molecule has 2 nitrogen and oxygen atoms in total. The summed E-state index contributed by atoms with van der Waals surface area (Å²) in [7, 11) is 0. The summed E-state index contributed by atoms with van der Waals surface area (Å²) < 4.78 is 0. The average Bonchev–Trinajstić information content (AvgIpc) is 2.40. The summed E-state index contributed by atoms with van der Waals surface area (Å²) in [6, 6.07) is 0.603. The van der Waals surface area contributed by atoms with E-state index in [2.05, 4.69) is 5.32 Å². The molecule has 2 unspecified atom stereocenters. The molecule has 0 spiro atoms. The van der Waals surface area contributed by atoms with E-state index in [4.69, 9.17) is 0 Å². The first kappa shape index (κ1) is 5.16. The molecule has 2 aliphatic carbocycles. The summed E-state index contributed by atoms with van der Waals surface area (Å²) >= 11 is 0. The van der Waals surface area contributed by atoms with E-state index in [-0.39, 0.29) is 0 Å². The van der Waals surface area contributed by atoms with Crippen LogP contribution in [0.5, 0.6) is 0 Å². The third kappa shape index (κ3) is 0.386. The van der Waals surface area contributed by atoms with E-state index >= 15 is 0 Å². The Morgan fingerprint density at radius 2 is 2.10 bits per heavy atom. The molecule has 1 aliphatic heterocycles. The number of carbonyl (C=O) groups excluding carboxylic acids is 1. The Morgan fingerprint density at radius 1 is 1.30 bits per heavy atom. The third-order valence-electron chi connectivity index (χ3n) is 3.53. The van der Waals surface area contributed by atoms with Gasteiger partial charge in [-0.05, 0) is 31.1 Å². The zero-order valence-corrected chi connectivity index (χ0v) is 5.84. The number of fused-ring (bicyclic) bond motifs is 5. The first-order valence-electron chi connectivity index (χ1n) is 4.16. The lowest BCUT2D eigenvalue weighted by atomic mass is 9.78. The van der Waals surface area contributed by atoms with Gasteiger partial charge in [-0.15, -0.1) is 0 Å². The minimum Gasteiger partial charge on any atom is -0.352 e. The van der Waals surface area contributed by atoms with Gasteiger partial charge in [-0.2, -0.15) is 0 Å². The average molecular weight is 137 g/mol. The Labute approximate surface area is 60.0 Å². The number of carbonyl (C=O) groups is 1. The Balaban J connectivity index is 1.95. The molecule has 1 N–H and O–H groups in total. The summed E-state index contributed by atoms with van der Waals surface area (Å²) in [5.41, 5.74) is 0. The Morgan fingerprint density at radius 3 is 2.70 bits per heavy atom. The van der Waals surface area contributed by atoms with Crippen LogP contribution in [0.25, 0.3) is 0 Å². The molecule has 3 fully saturated rings. The number of β-lactam (4-membered cyclic amide) rings is 1. The van der Waals surface area contributed by atoms with Crippen molar-refractivity contribution in [3.8, 4) is 0 Å². The molecular weight excluding hydrogens is 126 g/mol. The highest BCUT2D eigenvalue weighted by atomic mass is 16.2. The van der Waals surface area contributed by atoms with Gasteiger partial charge in [0.25, 0.3) is 0 Å². The number of hydrogen-bond acceptors (Lipinski definition) is 1. The second-order valence-corrected chi connectivity index (χ2v) is 3.89. The fraction of sp³-hybridized carbons (Fsp3) is 0.875. The van der Waals surface area contributed by atoms with Crippen molar-refractivity contribution in [2.24, 2.45) is 17.8 Å². The lowest BCUT2D eigenvalue weighted by Gasteiger charge is -2.39. The number of hydrogen-bond donors (Lipinski definition) is 1. The first-order valence-corrected chi connectivity index (χ1v) is 4.16. The van der Waals surface area contributed by atoms with Crippen molar-refractivity contribution in [2.75, 3.05) is 0 Å². The van der Waals surface area contributed by atoms with Crippen molar-refractivity contribution in [2.45, 2.75) is 25.3 Å². The van der Waals surface area contributed by atoms with Gasteiger partial charge in [0.05, 0.1) is 5.92 Å². The number of nitrogens with one attached hydrogen (secondary N) is 1. The zero-order valence-electron chi connectivity index (χ0n) is 5.84. The molecular formula is C8H11NO. The standard InChI is InChI=1S/C8H11NO/c10-8-6-4-1-2-5(3-4)7(6)9-8/h4-7H,1-3H2,(H,9,10)/t4-,5+,6?,7?/m1/s1. The van der Waals surface area contributed by atoms with Gasteiger partial charge in [-0.25, -0.2) is 0 Å². The van der Waals surface area contributed by atoms with Crippen molar-refractivity contribution in [3.63, 3.8) is 0 Å². The third-order valence-corrected chi connectivity index (χ3v) is 3.53. The molecule has 0 aromatic carbocycles. The SMILES string of the molecule is O=C1NC2C1[C@@H]1CC[C@H]2C1. The fourth-order valence-electron chi connectivity index (χ4n) is 3.04.